The van der Waals surface area contributed by atoms with Gasteiger partial charge in [0, 0.05) is 6.54 Å². The lowest BCUT2D eigenvalue weighted by Crippen LogP contribution is -2.46. The van der Waals surface area contributed by atoms with E-state index >= 15 is 0 Å². The van der Waals surface area contributed by atoms with Gasteiger partial charge in [-0.05, 0) is 35.6 Å². The van der Waals surface area contributed by atoms with Crippen molar-refractivity contribution < 1.29 is 9.84 Å². The molecule has 0 aromatic heterocycles. The summed E-state index contributed by atoms with van der Waals surface area (Å²) < 4.78 is 5.17. The molecule has 3 heteroatoms. The molecule has 0 aliphatic heterocycles. The third-order valence-corrected chi connectivity index (χ3v) is 3.42. The number of hydrogen-bond acceptors (Lipinski definition) is 3. The zero-order valence-electron chi connectivity index (χ0n) is 11.4. The van der Waals surface area contributed by atoms with Crippen molar-refractivity contribution in [3.8, 4) is 5.75 Å². The lowest BCUT2D eigenvalue weighted by molar-refractivity contribution is -0.0562. The molecule has 17 heavy (non-hydrogen) atoms. The Labute approximate surface area is 104 Å². The Bertz CT molecular complexity index is 396. The summed E-state index contributed by atoms with van der Waals surface area (Å²) in [4.78, 5) is 0. The summed E-state index contributed by atoms with van der Waals surface area (Å²) in [5, 5.41) is 10.8. The van der Waals surface area contributed by atoms with Crippen LogP contribution in [0.15, 0.2) is 18.2 Å². The molecule has 1 unspecified atom stereocenters. The van der Waals surface area contributed by atoms with E-state index in [0.717, 1.165) is 16.9 Å². The first-order valence-electron chi connectivity index (χ1n) is 5.84. The van der Waals surface area contributed by atoms with Crippen molar-refractivity contribution in [1.82, 2.24) is 0 Å². The second-order valence-corrected chi connectivity index (χ2v) is 5.50. The molecule has 3 N–H and O–H groups in total. The van der Waals surface area contributed by atoms with E-state index in [0.29, 0.717) is 0 Å². The van der Waals surface area contributed by atoms with Gasteiger partial charge in [-0.15, -0.1) is 0 Å². The molecule has 1 aromatic carbocycles. The summed E-state index contributed by atoms with van der Waals surface area (Å²) in [6.07, 6.45) is 0. The van der Waals surface area contributed by atoms with Crippen LogP contribution in [0.2, 0.25) is 0 Å². The Kier molecular flexibility index (Phi) is 3.84. The van der Waals surface area contributed by atoms with Crippen LogP contribution in [0.3, 0.4) is 0 Å². The van der Waals surface area contributed by atoms with Gasteiger partial charge in [-0.1, -0.05) is 26.8 Å². The van der Waals surface area contributed by atoms with Gasteiger partial charge >= 0.3 is 0 Å². The minimum Gasteiger partial charge on any atom is -0.497 e. The molecule has 0 radical (unpaired) electrons. The molecule has 0 amide bonds. The van der Waals surface area contributed by atoms with Crippen molar-refractivity contribution in [1.29, 1.82) is 0 Å². The highest BCUT2D eigenvalue weighted by Gasteiger charge is 2.41. The van der Waals surface area contributed by atoms with E-state index in [1.165, 1.54) is 0 Å². The number of hydrogen-bond donors (Lipinski definition) is 2. The van der Waals surface area contributed by atoms with Crippen LogP contribution < -0.4 is 10.5 Å². The summed E-state index contributed by atoms with van der Waals surface area (Å²) in [5.74, 6) is 0.791. The zero-order valence-corrected chi connectivity index (χ0v) is 11.4. The van der Waals surface area contributed by atoms with E-state index < -0.39 is 5.60 Å². The quantitative estimate of drug-likeness (QED) is 0.847. The molecule has 0 spiro atoms. The molecule has 1 rings (SSSR count). The van der Waals surface area contributed by atoms with Crippen LogP contribution in [-0.2, 0) is 5.60 Å². The van der Waals surface area contributed by atoms with Gasteiger partial charge in [0.2, 0.25) is 0 Å². The van der Waals surface area contributed by atoms with Crippen LogP contribution in [0.4, 0.5) is 0 Å². The Morgan fingerprint density at radius 1 is 1.29 bits per heavy atom. The second-order valence-electron chi connectivity index (χ2n) is 5.50. The molecule has 0 aliphatic carbocycles. The number of methoxy groups -OCH3 is 1. The SMILES string of the molecule is COc1ccc(C(O)(CN)C(C)(C)C)c(C)c1. The van der Waals surface area contributed by atoms with Crippen molar-refractivity contribution >= 4 is 0 Å². The van der Waals surface area contributed by atoms with E-state index in [4.69, 9.17) is 10.5 Å². The van der Waals surface area contributed by atoms with E-state index in [-0.39, 0.29) is 12.0 Å². The topological polar surface area (TPSA) is 55.5 Å². The molecule has 0 saturated heterocycles. The Morgan fingerprint density at radius 2 is 1.88 bits per heavy atom. The van der Waals surface area contributed by atoms with Crippen molar-refractivity contribution in [2.45, 2.75) is 33.3 Å². The van der Waals surface area contributed by atoms with Crippen LogP contribution in [0.5, 0.6) is 5.75 Å². The number of ether oxygens (including phenoxy) is 1. The predicted octanol–water partition coefficient (Wildman–Crippen LogP) is 2.20. The molecule has 0 saturated carbocycles. The highest BCUT2D eigenvalue weighted by Crippen LogP contribution is 2.40. The van der Waals surface area contributed by atoms with Gasteiger partial charge in [-0.25, -0.2) is 0 Å². The van der Waals surface area contributed by atoms with E-state index in [9.17, 15) is 5.11 Å². The maximum atomic E-state index is 10.8. The van der Waals surface area contributed by atoms with Gasteiger partial charge in [-0.3, -0.25) is 0 Å². The molecule has 0 aliphatic rings. The van der Waals surface area contributed by atoms with Crippen LogP contribution >= 0.6 is 0 Å². The highest BCUT2D eigenvalue weighted by atomic mass is 16.5. The van der Waals surface area contributed by atoms with Crippen LogP contribution in [-0.4, -0.2) is 18.8 Å². The average molecular weight is 237 g/mol. The number of aryl methyl sites for hydroxylation is 1. The largest absolute Gasteiger partial charge is 0.497 e. The van der Waals surface area contributed by atoms with Crippen LogP contribution in [0.25, 0.3) is 0 Å². The van der Waals surface area contributed by atoms with Gasteiger partial charge in [-0.2, -0.15) is 0 Å². The fourth-order valence-corrected chi connectivity index (χ4v) is 2.05. The van der Waals surface area contributed by atoms with E-state index in [2.05, 4.69) is 0 Å². The third-order valence-electron chi connectivity index (χ3n) is 3.42. The molecular formula is C14H23NO2. The number of benzene rings is 1. The molecule has 0 bridgehead atoms. The molecule has 96 valence electrons. The molecular weight excluding hydrogens is 214 g/mol. The van der Waals surface area contributed by atoms with Gasteiger partial charge in [0.25, 0.3) is 0 Å². The third kappa shape index (κ3) is 2.45. The first kappa shape index (κ1) is 14.0. The second kappa shape index (κ2) is 4.67. The first-order valence-corrected chi connectivity index (χ1v) is 5.84. The Balaban J connectivity index is 3.31. The van der Waals surface area contributed by atoms with Crippen molar-refractivity contribution in [2.75, 3.05) is 13.7 Å². The fourth-order valence-electron chi connectivity index (χ4n) is 2.05. The van der Waals surface area contributed by atoms with Gasteiger partial charge in [0.15, 0.2) is 0 Å². The van der Waals surface area contributed by atoms with Crippen molar-refractivity contribution in [2.24, 2.45) is 11.1 Å². The zero-order chi connectivity index (χ0) is 13.3. The number of nitrogens with two attached hydrogens (primary N) is 1. The lowest BCUT2D eigenvalue weighted by Gasteiger charge is -2.40. The van der Waals surface area contributed by atoms with Crippen LogP contribution in [0.1, 0.15) is 31.9 Å². The fraction of sp³-hybridized carbons (Fsp3) is 0.571. The van der Waals surface area contributed by atoms with Crippen LogP contribution in [0, 0.1) is 12.3 Å². The normalized spacial score (nSPS) is 15.5. The van der Waals surface area contributed by atoms with Gasteiger partial charge in [0.1, 0.15) is 11.4 Å². The van der Waals surface area contributed by atoms with E-state index in [1.54, 1.807) is 7.11 Å². The summed E-state index contributed by atoms with van der Waals surface area (Å²) in [7, 11) is 1.63. The molecule has 1 atom stereocenters. The minimum atomic E-state index is -1.02. The minimum absolute atomic E-state index is 0.198. The maximum Gasteiger partial charge on any atom is 0.119 e. The number of aliphatic hydroxyl groups is 1. The molecule has 0 heterocycles. The summed E-state index contributed by atoms with van der Waals surface area (Å²) in [6, 6.07) is 5.67. The van der Waals surface area contributed by atoms with Crippen molar-refractivity contribution in [3.05, 3.63) is 29.3 Å². The number of rotatable bonds is 3. The highest BCUT2D eigenvalue weighted by molar-refractivity contribution is 5.39. The summed E-state index contributed by atoms with van der Waals surface area (Å²) in [6.45, 7) is 8.13. The van der Waals surface area contributed by atoms with Gasteiger partial charge in [0.05, 0.1) is 7.11 Å². The average Bonchev–Trinajstić information content (AvgIpc) is 2.26. The summed E-state index contributed by atoms with van der Waals surface area (Å²) >= 11 is 0. The molecule has 3 nitrogen and oxygen atoms in total. The molecule has 0 fully saturated rings. The summed E-state index contributed by atoms with van der Waals surface area (Å²) in [5.41, 5.74) is 6.30. The van der Waals surface area contributed by atoms with E-state index in [1.807, 2.05) is 45.9 Å². The predicted molar refractivity (Wildman–Crippen MR) is 70.1 cm³/mol. The van der Waals surface area contributed by atoms with Gasteiger partial charge < -0.3 is 15.6 Å². The maximum absolute atomic E-state index is 10.8. The monoisotopic (exact) mass is 237 g/mol. The lowest BCUT2D eigenvalue weighted by atomic mass is 9.71. The molecule has 1 aromatic rings. The standard InChI is InChI=1S/C14H23NO2/c1-10-8-11(17-5)6-7-12(10)14(16,9-15)13(2,3)4/h6-8,16H,9,15H2,1-5H3. The first-order chi connectivity index (χ1) is 7.76. The Hall–Kier alpha value is -1.06. The smallest absolute Gasteiger partial charge is 0.119 e. The Morgan fingerprint density at radius 3 is 2.24 bits per heavy atom. The van der Waals surface area contributed by atoms with Crippen molar-refractivity contribution in [3.63, 3.8) is 0 Å².